The highest BCUT2D eigenvalue weighted by Crippen LogP contribution is 2.13. The first kappa shape index (κ1) is 8.62. The van der Waals surface area contributed by atoms with Gasteiger partial charge in [-0.3, -0.25) is 14.8 Å². The average molecular weight is 187 g/mol. The third kappa shape index (κ3) is 1.54. The number of carbonyl (C=O) groups excluding carboxylic acids is 1. The average Bonchev–Trinajstić information content (AvgIpc) is 2.18. The highest BCUT2D eigenvalue weighted by molar-refractivity contribution is 5.84. The van der Waals surface area contributed by atoms with Crippen LogP contribution in [0.2, 0.25) is 0 Å². The fourth-order valence-electron chi connectivity index (χ4n) is 1.38. The van der Waals surface area contributed by atoms with Gasteiger partial charge in [-0.15, -0.1) is 0 Å². The van der Waals surface area contributed by atoms with E-state index in [0.29, 0.717) is 0 Å². The third-order valence-corrected chi connectivity index (χ3v) is 1.95. The van der Waals surface area contributed by atoms with Gasteiger partial charge in [0.05, 0.1) is 17.5 Å². The van der Waals surface area contributed by atoms with Crippen molar-refractivity contribution in [2.24, 2.45) is 5.73 Å². The van der Waals surface area contributed by atoms with Crippen molar-refractivity contribution in [2.45, 2.75) is 6.42 Å². The number of primary amides is 1. The van der Waals surface area contributed by atoms with E-state index in [0.717, 1.165) is 16.6 Å². The lowest BCUT2D eigenvalue weighted by molar-refractivity contribution is -0.117. The van der Waals surface area contributed by atoms with Crippen LogP contribution < -0.4 is 5.73 Å². The Morgan fingerprint density at radius 3 is 2.86 bits per heavy atom. The van der Waals surface area contributed by atoms with Crippen LogP contribution in [0.5, 0.6) is 0 Å². The molecule has 2 aromatic rings. The van der Waals surface area contributed by atoms with Crippen molar-refractivity contribution in [1.29, 1.82) is 0 Å². The van der Waals surface area contributed by atoms with Crippen molar-refractivity contribution in [2.75, 3.05) is 0 Å². The summed E-state index contributed by atoms with van der Waals surface area (Å²) in [6, 6.07) is 5.53. The van der Waals surface area contributed by atoms with E-state index in [4.69, 9.17) is 5.73 Å². The monoisotopic (exact) mass is 187 g/mol. The van der Waals surface area contributed by atoms with Gasteiger partial charge in [-0.1, -0.05) is 12.1 Å². The minimum Gasteiger partial charge on any atom is -0.369 e. The number of para-hydroxylation sites is 1. The molecule has 1 heterocycles. The van der Waals surface area contributed by atoms with Crippen LogP contribution in [-0.4, -0.2) is 15.9 Å². The van der Waals surface area contributed by atoms with E-state index in [1.54, 1.807) is 12.4 Å². The predicted molar refractivity (Wildman–Crippen MR) is 52.4 cm³/mol. The molecular formula is C10H9N3O. The Labute approximate surface area is 80.8 Å². The topological polar surface area (TPSA) is 68.9 Å². The van der Waals surface area contributed by atoms with Gasteiger partial charge in [-0.05, 0) is 11.6 Å². The smallest absolute Gasteiger partial charge is 0.221 e. The number of nitrogens with zero attached hydrogens (tertiary/aromatic N) is 2. The van der Waals surface area contributed by atoms with Crippen LogP contribution in [0.25, 0.3) is 11.0 Å². The first-order chi connectivity index (χ1) is 6.77. The van der Waals surface area contributed by atoms with E-state index in [1.165, 1.54) is 0 Å². The summed E-state index contributed by atoms with van der Waals surface area (Å²) < 4.78 is 0. The summed E-state index contributed by atoms with van der Waals surface area (Å²) in [6.07, 6.45) is 3.43. The van der Waals surface area contributed by atoms with Gasteiger partial charge in [0.1, 0.15) is 0 Å². The lowest BCUT2D eigenvalue weighted by Crippen LogP contribution is -2.14. The molecule has 1 amide bonds. The number of rotatable bonds is 2. The number of fused-ring (bicyclic) bond motifs is 1. The number of benzene rings is 1. The largest absolute Gasteiger partial charge is 0.369 e. The molecule has 0 spiro atoms. The van der Waals surface area contributed by atoms with Gasteiger partial charge in [-0.25, -0.2) is 0 Å². The van der Waals surface area contributed by atoms with Crippen LogP contribution in [0.15, 0.2) is 30.6 Å². The lowest BCUT2D eigenvalue weighted by Gasteiger charge is -2.01. The molecule has 4 heteroatoms. The zero-order valence-electron chi connectivity index (χ0n) is 7.47. The summed E-state index contributed by atoms with van der Waals surface area (Å²) in [7, 11) is 0. The molecular weight excluding hydrogens is 178 g/mol. The van der Waals surface area contributed by atoms with Crippen molar-refractivity contribution < 1.29 is 4.79 Å². The Morgan fingerprint density at radius 2 is 2.07 bits per heavy atom. The van der Waals surface area contributed by atoms with E-state index in [-0.39, 0.29) is 12.3 Å². The second kappa shape index (κ2) is 3.41. The lowest BCUT2D eigenvalue weighted by atomic mass is 10.1. The van der Waals surface area contributed by atoms with Crippen LogP contribution in [0.1, 0.15) is 5.56 Å². The highest BCUT2D eigenvalue weighted by Gasteiger charge is 2.04. The highest BCUT2D eigenvalue weighted by atomic mass is 16.1. The van der Waals surface area contributed by atoms with E-state index < -0.39 is 0 Å². The van der Waals surface area contributed by atoms with Crippen molar-refractivity contribution in [3.05, 3.63) is 36.2 Å². The van der Waals surface area contributed by atoms with Crippen LogP contribution in [0.4, 0.5) is 0 Å². The molecule has 0 saturated heterocycles. The van der Waals surface area contributed by atoms with Crippen LogP contribution in [-0.2, 0) is 11.2 Å². The first-order valence-corrected chi connectivity index (χ1v) is 4.24. The molecule has 1 aromatic carbocycles. The Hall–Kier alpha value is -1.97. The molecule has 0 bridgehead atoms. The standard InChI is InChI=1S/C10H9N3O/c11-9(14)6-7-2-1-3-8-10(7)13-5-4-12-8/h1-5H,6H2,(H2,11,14). The van der Waals surface area contributed by atoms with Crippen molar-refractivity contribution in [3.8, 4) is 0 Å². The number of hydrogen-bond donors (Lipinski definition) is 1. The van der Waals surface area contributed by atoms with Crippen molar-refractivity contribution in [3.63, 3.8) is 0 Å². The Morgan fingerprint density at radius 1 is 1.29 bits per heavy atom. The minimum absolute atomic E-state index is 0.204. The summed E-state index contributed by atoms with van der Waals surface area (Å²) in [5, 5.41) is 0. The van der Waals surface area contributed by atoms with Crippen LogP contribution >= 0.6 is 0 Å². The second-order valence-electron chi connectivity index (χ2n) is 2.98. The second-order valence-corrected chi connectivity index (χ2v) is 2.98. The molecule has 1 aromatic heterocycles. The number of amides is 1. The maximum absolute atomic E-state index is 10.8. The Bertz CT molecular complexity index is 476. The van der Waals surface area contributed by atoms with Crippen molar-refractivity contribution >= 4 is 16.9 Å². The summed E-state index contributed by atoms with van der Waals surface area (Å²) >= 11 is 0. The van der Waals surface area contributed by atoms with Gasteiger partial charge >= 0.3 is 0 Å². The molecule has 2 rings (SSSR count). The zero-order valence-corrected chi connectivity index (χ0v) is 7.47. The number of aromatic nitrogens is 2. The van der Waals surface area contributed by atoms with Gasteiger partial charge < -0.3 is 5.73 Å². The maximum Gasteiger partial charge on any atom is 0.221 e. The van der Waals surface area contributed by atoms with Crippen LogP contribution in [0, 0.1) is 0 Å². The molecule has 2 N–H and O–H groups in total. The number of carbonyl (C=O) groups is 1. The molecule has 0 atom stereocenters. The molecule has 0 fully saturated rings. The summed E-state index contributed by atoms with van der Waals surface area (Å²) in [5.74, 6) is -0.358. The number of hydrogen-bond acceptors (Lipinski definition) is 3. The van der Waals surface area contributed by atoms with E-state index in [9.17, 15) is 4.79 Å². The fourth-order valence-corrected chi connectivity index (χ4v) is 1.38. The van der Waals surface area contributed by atoms with Gasteiger partial charge in [0.2, 0.25) is 5.91 Å². The van der Waals surface area contributed by atoms with Gasteiger partial charge in [0, 0.05) is 12.4 Å². The Balaban J connectivity index is 2.59. The van der Waals surface area contributed by atoms with E-state index >= 15 is 0 Å². The van der Waals surface area contributed by atoms with Crippen LogP contribution in [0.3, 0.4) is 0 Å². The minimum atomic E-state index is -0.358. The summed E-state index contributed by atoms with van der Waals surface area (Å²) in [6.45, 7) is 0. The molecule has 0 aliphatic carbocycles. The first-order valence-electron chi connectivity index (χ1n) is 4.24. The quantitative estimate of drug-likeness (QED) is 0.750. The van der Waals surface area contributed by atoms with Crippen molar-refractivity contribution in [1.82, 2.24) is 9.97 Å². The van der Waals surface area contributed by atoms with Gasteiger partial charge in [0.15, 0.2) is 0 Å². The molecule has 0 saturated carbocycles. The molecule has 0 unspecified atom stereocenters. The SMILES string of the molecule is NC(=O)Cc1cccc2nccnc12. The fraction of sp³-hybridized carbons (Fsp3) is 0.100. The maximum atomic E-state index is 10.8. The molecule has 70 valence electrons. The van der Waals surface area contributed by atoms with E-state index in [2.05, 4.69) is 9.97 Å². The molecule has 0 radical (unpaired) electrons. The number of nitrogens with two attached hydrogens (primary N) is 1. The summed E-state index contributed by atoms with van der Waals surface area (Å²) in [4.78, 5) is 19.1. The predicted octanol–water partition coefficient (Wildman–Crippen LogP) is 0.658. The van der Waals surface area contributed by atoms with Gasteiger partial charge in [0.25, 0.3) is 0 Å². The van der Waals surface area contributed by atoms with Gasteiger partial charge in [-0.2, -0.15) is 0 Å². The third-order valence-electron chi connectivity index (χ3n) is 1.95. The van der Waals surface area contributed by atoms with E-state index in [1.807, 2.05) is 18.2 Å². The molecule has 0 aliphatic rings. The summed E-state index contributed by atoms with van der Waals surface area (Å²) in [5.41, 5.74) is 7.48. The molecule has 4 nitrogen and oxygen atoms in total. The molecule has 14 heavy (non-hydrogen) atoms. The molecule has 0 aliphatic heterocycles. The Kier molecular flexibility index (Phi) is 2.10. The normalized spacial score (nSPS) is 10.3. The zero-order chi connectivity index (χ0) is 9.97.